The Labute approximate surface area is 210 Å². The lowest BCUT2D eigenvalue weighted by Gasteiger charge is -2.23. The molecule has 1 unspecified atom stereocenters. The predicted molar refractivity (Wildman–Crippen MR) is 135 cm³/mol. The van der Waals surface area contributed by atoms with Crippen molar-refractivity contribution in [2.24, 2.45) is 5.92 Å². The van der Waals surface area contributed by atoms with Gasteiger partial charge in [0, 0.05) is 17.5 Å². The molecule has 1 aromatic heterocycles. The van der Waals surface area contributed by atoms with Crippen LogP contribution in [0, 0.1) is 5.92 Å². The number of fused-ring (bicyclic) bond motifs is 1. The maximum atomic E-state index is 13.2. The van der Waals surface area contributed by atoms with E-state index >= 15 is 0 Å². The SMILES string of the molecule is CC(C)CC(NC(=O)c1cc2ccccc2o1)C(=O)N[C@H]1CCCN(C(=O)c2ccccc2)CC1=O. The van der Waals surface area contributed by atoms with Gasteiger partial charge in [-0.05, 0) is 49.4 Å². The smallest absolute Gasteiger partial charge is 0.287 e. The number of nitrogens with one attached hydrogen (secondary N) is 2. The third kappa shape index (κ3) is 6.00. The molecule has 8 heteroatoms. The second-order valence-corrected chi connectivity index (χ2v) is 9.57. The van der Waals surface area contributed by atoms with Crippen LogP contribution in [0.1, 0.15) is 54.0 Å². The molecule has 3 amide bonds. The number of Topliss-reactive ketones (excluding diaryl/α,β-unsaturated/α-hetero) is 1. The zero-order valence-corrected chi connectivity index (χ0v) is 20.5. The van der Waals surface area contributed by atoms with Crippen LogP contribution >= 0.6 is 0 Å². The van der Waals surface area contributed by atoms with Crippen LogP contribution in [0.2, 0.25) is 0 Å². The van der Waals surface area contributed by atoms with Crippen molar-refractivity contribution in [2.75, 3.05) is 13.1 Å². The summed E-state index contributed by atoms with van der Waals surface area (Å²) < 4.78 is 5.63. The molecular weight excluding hydrogens is 458 g/mol. The predicted octanol–water partition coefficient (Wildman–Crippen LogP) is 3.57. The number of rotatable bonds is 7. The number of furan rings is 1. The van der Waals surface area contributed by atoms with Gasteiger partial charge in [-0.1, -0.05) is 50.2 Å². The Hall–Kier alpha value is -3.94. The molecular formula is C28H31N3O5. The van der Waals surface area contributed by atoms with Crippen molar-refractivity contribution in [2.45, 2.75) is 45.2 Å². The minimum absolute atomic E-state index is 0.0706. The molecule has 0 bridgehead atoms. The Bertz CT molecular complexity index is 1220. The van der Waals surface area contributed by atoms with E-state index in [4.69, 9.17) is 4.42 Å². The molecule has 2 heterocycles. The second-order valence-electron chi connectivity index (χ2n) is 9.57. The van der Waals surface area contributed by atoms with Crippen LogP contribution in [0.25, 0.3) is 11.0 Å². The van der Waals surface area contributed by atoms with E-state index in [2.05, 4.69) is 10.6 Å². The highest BCUT2D eigenvalue weighted by atomic mass is 16.3. The molecule has 2 N–H and O–H groups in total. The summed E-state index contributed by atoms with van der Waals surface area (Å²) in [5, 5.41) is 6.40. The zero-order chi connectivity index (χ0) is 25.7. The fourth-order valence-electron chi connectivity index (χ4n) is 4.41. The first-order chi connectivity index (χ1) is 17.3. The van der Waals surface area contributed by atoms with Gasteiger partial charge in [-0.25, -0.2) is 0 Å². The van der Waals surface area contributed by atoms with Crippen LogP contribution in [-0.4, -0.2) is 53.6 Å². The van der Waals surface area contributed by atoms with Gasteiger partial charge < -0.3 is 20.0 Å². The fourth-order valence-corrected chi connectivity index (χ4v) is 4.41. The molecule has 1 saturated heterocycles. The van der Waals surface area contributed by atoms with Crippen LogP contribution in [-0.2, 0) is 9.59 Å². The lowest BCUT2D eigenvalue weighted by Crippen LogP contribution is -2.52. The number of likely N-dealkylation sites (tertiary alicyclic amines) is 1. The lowest BCUT2D eigenvalue weighted by atomic mass is 10.0. The number of carbonyl (C=O) groups is 4. The molecule has 2 aromatic carbocycles. The minimum atomic E-state index is -0.830. The van der Waals surface area contributed by atoms with Crippen molar-refractivity contribution in [1.29, 1.82) is 0 Å². The molecule has 0 radical (unpaired) electrons. The lowest BCUT2D eigenvalue weighted by molar-refractivity contribution is -0.129. The van der Waals surface area contributed by atoms with Gasteiger partial charge in [0.15, 0.2) is 11.5 Å². The second kappa shape index (κ2) is 11.2. The Morgan fingerprint density at radius 3 is 2.50 bits per heavy atom. The van der Waals surface area contributed by atoms with Gasteiger partial charge in [0.05, 0.1) is 12.6 Å². The summed E-state index contributed by atoms with van der Waals surface area (Å²) in [6.45, 7) is 4.28. The Morgan fingerprint density at radius 1 is 1.06 bits per heavy atom. The first-order valence-corrected chi connectivity index (χ1v) is 12.3. The van der Waals surface area contributed by atoms with Gasteiger partial charge >= 0.3 is 0 Å². The van der Waals surface area contributed by atoms with Crippen LogP contribution in [0.15, 0.2) is 65.1 Å². The summed E-state index contributed by atoms with van der Waals surface area (Å²) in [5.41, 5.74) is 1.12. The van der Waals surface area contributed by atoms with Crippen molar-refractivity contribution in [3.05, 3.63) is 72.0 Å². The van der Waals surface area contributed by atoms with E-state index in [-0.39, 0.29) is 29.9 Å². The Kier molecular flexibility index (Phi) is 7.83. The third-order valence-electron chi connectivity index (χ3n) is 6.26. The number of benzene rings is 2. The number of amides is 3. The van der Waals surface area contributed by atoms with Gasteiger partial charge in [-0.3, -0.25) is 19.2 Å². The topological polar surface area (TPSA) is 109 Å². The first kappa shape index (κ1) is 25.2. The van der Waals surface area contributed by atoms with Crippen molar-refractivity contribution in [3.63, 3.8) is 0 Å². The highest BCUT2D eigenvalue weighted by Gasteiger charge is 2.32. The van der Waals surface area contributed by atoms with E-state index in [0.29, 0.717) is 37.0 Å². The summed E-state index contributed by atoms with van der Waals surface area (Å²) in [5.74, 6) is -1.09. The van der Waals surface area contributed by atoms with Crippen molar-refractivity contribution < 1.29 is 23.6 Å². The largest absolute Gasteiger partial charge is 0.451 e. The minimum Gasteiger partial charge on any atom is -0.451 e. The highest BCUT2D eigenvalue weighted by molar-refractivity contribution is 6.01. The van der Waals surface area contributed by atoms with Crippen molar-refractivity contribution >= 4 is 34.5 Å². The number of nitrogens with zero attached hydrogens (tertiary/aromatic N) is 1. The summed E-state index contributed by atoms with van der Waals surface area (Å²) >= 11 is 0. The quantitative estimate of drug-likeness (QED) is 0.528. The molecule has 3 aromatic rings. The van der Waals surface area contributed by atoms with Gasteiger partial charge in [0.1, 0.15) is 11.6 Å². The monoisotopic (exact) mass is 489 g/mol. The average Bonchev–Trinajstić information content (AvgIpc) is 3.23. The van der Waals surface area contributed by atoms with Gasteiger partial charge in [-0.2, -0.15) is 0 Å². The Balaban J connectivity index is 1.41. The number of carbonyl (C=O) groups excluding carboxylic acids is 4. The maximum absolute atomic E-state index is 13.2. The fraction of sp³-hybridized carbons (Fsp3) is 0.357. The van der Waals surface area contributed by atoms with E-state index in [1.165, 1.54) is 4.90 Å². The van der Waals surface area contributed by atoms with E-state index in [1.807, 2.05) is 38.1 Å². The molecule has 36 heavy (non-hydrogen) atoms. The number of para-hydroxylation sites is 1. The molecule has 1 aliphatic heterocycles. The normalized spacial score (nSPS) is 17.0. The average molecular weight is 490 g/mol. The van der Waals surface area contributed by atoms with Crippen molar-refractivity contribution in [3.8, 4) is 0 Å². The molecule has 4 rings (SSSR count). The molecule has 1 fully saturated rings. The van der Waals surface area contributed by atoms with Gasteiger partial charge in [-0.15, -0.1) is 0 Å². The Morgan fingerprint density at radius 2 is 1.78 bits per heavy atom. The number of hydrogen-bond donors (Lipinski definition) is 2. The van der Waals surface area contributed by atoms with Crippen LogP contribution in [0.5, 0.6) is 0 Å². The summed E-state index contributed by atoms with van der Waals surface area (Å²) in [7, 11) is 0. The van der Waals surface area contributed by atoms with Crippen LogP contribution < -0.4 is 10.6 Å². The first-order valence-electron chi connectivity index (χ1n) is 12.3. The molecule has 1 aliphatic rings. The maximum Gasteiger partial charge on any atom is 0.287 e. The third-order valence-corrected chi connectivity index (χ3v) is 6.26. The van der Waals surface area contributed by atoms with Gasteiger partial charge in [0.2, 0.25) is 5.91 Å². The highest BCUT2D eigenvalue weighted by Crippen LogP contribution is 2.19. The summed E-state index contributed by atoms with van der Waals surface area (Å²) in [6, 6.07) is 16.2. The van der Waals surface area contributed by atoms with Crippen LogP contribution in [0.4, 0.5) is 0 Å². The van der Waals surface area contributed by atoms with Crippen molar-refractivity contribution in [1.82, 2.24) is 15.5 Å². The van der Waals surface area contributed by atoms with E-state index in [1.54, 1.807) is 36.4 Å². The summed E-state index contributed by atoms with van der Waals surface area (Å²) in [6.07, 6.45) is 1.40. The number of ketones is 1. The molecule has 188 valence electrons. The van der Waals surface area contributed by atoms with E-state index < -0.39 is 23.9 Å². The molecule has 0 saturated carbocycles. The number of hydrogen-bond acceptors (Lipinski definition) is 5. The van der Waals surface area contributed by atoms with E-state index in [0.717, 1.165) is 5.39 Å². The van der Waals surface area contributed by atoms with Crippen LogP contribution in [0.3, 0.4) is 0 Å². The molecule has 8 nitrogen and oxygen atoms in total. The molecule has 0 spiro atoms. The standard InChI is InChI=1S/C28H31N3O5/c1-18(2)15-22(30-27(34)25-16-20-11-6-7-13-24(20)36-25)26(33)29-21-12-8-14-31(17-23(21)32)28(35)19-9-4-3-5-10-19/h3-7,9-11,13,16,18,21-22H,8,12,14-15,17H2,1-2H3,(H,29,33)(H,30,34)/t21-,22?/m0/s1. The summed E-state index contributed by atoms with van der Waals surface area (Å²) in [4.78, 5) is 53.4. The van der Waals surface area contributed by atoms with E-state index in [9.17, 15) is 19.2 Å². The zero-order valence-electron chi connectivity index (χ0n) is 20.5. The van der Waals surface area contributed by atoms with Gasteiger partial charge in [0.25, 0.3) is 11.8 Å². The molecule has 2 atom stereocenters. The molecule has 0 aliphatic carbocycles.